The summed E-state index contributed by atoms with van der Waals surface area (Å²) in [7, 11) is 0. The number of carbonyl (C=O) groups is 1. The molecule has 0 aliphatic heterocycles. The van der Waals surface area contributed by atoms with Crippen LogP contribution in [0.1, 0.15) is 0 Å². The van der Waals surface area contributed by atoms with Crippen molar-refractivity contribution in [2.45, 2.75) is 0 Å². The Morgan fingerprint density at radius 1 is 1.88 bits per heavy atom. The van der Waals surface area contributed by atoms with Crippen molar-refractivity contribution >= 4 is 12.4 Å². The standard InChI is InChI=1S/C3H4NO4/c5-2-8-4-1-3(6)7/h4H,1H2,(H,6,7). The fourth-order valence-electron chi connectivity index (χ4n) is 0.127. The van der Waals surface area contributed by atoms with Crippen LogP contribution in [0.2, 0.25) is 0 Å². The third-order valence-electron chi connectivity index (χ3n) is 0.337. The van der Waals surface area contributed by atoms with Crippen molar-refractivity contribution in [3.05, 3.63) is 0 Å². The molecule has 1 radical (unpaired) electrons. The summed E-state index contributed by atoms with van der Waals surface area (Å²) in [6.07, 6.45) is 0. The second kappa shape index (κ2) is 4.07. The number of rotatable bonds is 4. The summed E-state index contributed by atoms with van der Waals surface area (Å²) >= 11 is 0. The Balaban J connectivity index is 2.93. The lowest BCUT2D eigenvalue weighted by molar-refractivity contribution is -0.137. The largest absolute Gasteiger partial charge is 0.480 e. The summed E-state index contributed by atoms with van der Waals surface area (Å²) in [5, 5.41) is 7.87. The first-order chi connectivity index (χ1) is 3.77. The molecule has 0 aromatic rings. The Morgan fingerprint density at radius 3 is 2.88 bits per heavy atom. The second-order valence-corrected chi connectivity index (χ2v) is 0.900. The molecule has 0 spiro atoms. The van der Waals surface area contributed by atoms with Crippen LogP contribution in [0.5, 0.6) is 0 Å². The maximum Gasteiger partial charge on any atom is 0.437 e. The van der Waals surface area contributed by atoms with Gasteiger partial charge in [-0.05, 0) is 0 Å². The molecule has 0 aliphatic carbocycles. The van der Waals surface area contributed by atoms with Crippen LogP contribution >= 0.6 is 0 Å². The first-order valence-electron chi connectivity index (χ1n) is 1.75. The molecule has 0 fully saturated rings. The van der Waals surface area contributed by atoms with Crippen LogP contribution < -0.4 is 5.48 Å². The minimum absolute atomic E-state index is 0.408. The van der Waals surface area contributed by atoms with Gasteiger partial charge in [0.25, 0.3) is 0 Å². The van der Waals surface area contributed by atoms with Gasteiger partial charge in [-0.25, -0.2) is 4.79 Å². The normalized spacial score (nSPS) is 8.00. The minimum atomic E-state index is -1.10. The molecule has 45 valence electrons. The fourth-order valence-corrected chi connectivity index (χ4v) is 0.127. The smallest absolute Gasteiger partial charge is 0.437 e. The third kappa shape index (κ3) is 4.90. The zero-order valence-electron chi connectivity index (χ0n) is 3.88. The van der Waals surface area contributed by atoms with E-state index in [0.717, 1.165) is 6.47 Å². The summed E-state index contributed by atoms with van der Waals surface area (Å²) in [5.74, 6) is -1.10. The van der Waals surface area contributed by atoms with Gasteiger partial charge in [0.15, 0.2) is 0 Å². The highest BCUT2D eigenvalue weighted by Crippen LogP contribution is 1.57. The van der Waals surface area contributed by atoms with Crippen LogP contribution in [0.25, 0.3) is 0 Å². The van der Waals surface area contributed by atoms with Gasteiger partial charge >= 0.3 is 12.4 Å². The second-order valence-electron chi connectivity index (χ2n) is 0.900. The highest BCUT2D eigenvalue weighted by molar-refractivity contribution is 5.68. The predicted octanol–water partition coefficient (Wildman–Crippen LogP) is -1.34. The SMILES string of the molecule is O=[C]ONCC(=O)O. The number of nitrogens with one attached hydrogen (secondary N) is 1. The van der Waals surface area contributed by atoms with Gasteiger partial charge in [-0.2, -0.15) is 0 Å². The zero-order valence-corrected chi connectivity index (χ0v) is 3.88. The minimum Gasteiger partial charge on any atom is -0.480 e. The Morgan fingerprint density at radius 2 is 2.50 bits per heavy atom. The average molecular weight is 118 g/mol. The molecule has 0 aromatic carbocycles. The zero-order chi connectivity index (χ0) is 6.41. The quantitative estimate of drug-likeness (QED) is 0.353. The van der Waals surface area contributed by atoms with Crippen molar-refractivity contribution in [3.8, 4) is 0 Å². The molecule has 0 rings (SSSR count). The van der Waals surface area contributed by atoms with Crippen molar-refractivity contribution in [2.75, 3.05) is 6.54 Å². The molecule has 5 nitrogen and oxygen atoms in total. The van der Waals surface area contributed by atoms with Crippen LogP contribution in [-0.2, 0) is 14.4 Å². The van der Waals surface area contributed by atoms with E-state index >= 15 is 0 Å². The Bertz CT molecular complexity index is 91.3. The van der Waals surface area contributed by atoms with Gasteiger partial charge in [0.05, 0.1) is 0 Å². The monoisotopic (exact) mass is 118 g/mol. The number of hydroxylamine groups is 1. The predicted molar refractivity (Wildman–Crippen MR) is 22.4 cm³/mol. The maximum atomic E-state index is 9.60. The van der Waals surface area contributed by atoms with E-state index in [4.69, 9.17) is 5.11 Å². The van der Waals surface area contributed by atoms with Gasteiger partial charge in [-0.15, -0.1) is 5.48 Å². The molecule has 5 heteroatoms. The van der Waals surface area contributed by atoms with Crippen LogP contribution in [0, 0.1) is 0 Å². The van der Waals surface area contributed by atoms with Crippen molar-refractivity contribution in [1.82, 2.24) is 5.48 Å². The Kier molecular flexibility index (Phi) is 3.51. The highest BCUT2D eigenvalue weighted by Gasteiger charge is 1.92. The number of hydrogen-bond acceptors (Lipinski definition) is 4. The molecule has 2 N–H and O–H groups in total. The van der Waals surface area contributed by atoms with E-state index in [-0.39, 0.29) is 0 Å². The summed E-state index contributed by atoms with van der Waals surface area (Å²) in [6, 6.07) is 0. The topological polar surface area (TPSA) is 75.6 Å². The van der Waals surface area contributed by atoms with Crippen LogP contribution in [0.4, 0.5) is 0 Å². The number of carboxylic acid groups (broad SMARTS) is 1. The summed E-state index contributed by atoms with van der Waals surface area (Å²) in [5.41, 5.74) is 1.81. The molecule has 0 aliphatic rings. The molecule has 0 aromatic heterocycles. The van der Waals surface area contributed by atoms with Crippen molar-refractivity contribution in [3.63, 3.8) is 0 Å². The summed E-state index contributed by atoms with van der Waals surface area (Å²) < 4.78 is 0. The molecule has 0 heterocycles. The third-order valence-corrected chi connectivity index (χ3v) is 0.337. The number of carbonyl (C=O) groups excluding carboxylic acids is 1. The van der Waals surface area contributed by atoms with Gasteiger partial charge in [0.1, 0.15) is 6.54 Å². The highest BCUT2D eigenvalue weighted by atomic mass is 16.7. The maximum absolute atomic E-state index is 9.60. The molecular weight excluding hydrogens is 114 g/mol. The lowest BCUT2D eigenvalue weighted by Crippen LogP contribution is -2.21. The van der Waals surface area contributed by atoms with E-state index in [1.165, 1.54) is 0 Å². The van der Waals surface area contributed by atoms with Crippen molar-refractivity contribution in [2.24, 2.45) is 0 Å². The average Bonchev–Trinajstić information content (AvgIpc) is 1.66. The molecule has 0 bridgehead atoms. The molecule has 0 saturated carbocycles. The van der Waals surface area contributed by atoms with Gasteiger partial charge < -0.3 is 9.94 Å². The van der Waals surface area contributed by atoms with Crippen molar-refractivity contribution in [1.29, 1.82) is 0 Å². The summed E-state index contributed by atoms with van der Waals surface area (Å²) in [6.45, 7) is 0.591. The first kappa shape index (κ1) is 6.90. The summed E-state index contributed by atoms with van der Waals surface area (Å²) in [4.78, 5) is 22.5. The number of carboxylic acids is 1. The van der Waals surface area contributed by atoms with Gasteiger partial charge in [-0.3, -0.25) is 4.79 Å². The molecular formula is C3H4NO4. The molecule has 0 unspecified atom stereocenters. The van der Waals surface area contributed by atoms with Gasteiger partial charge in [-0.1, -0.05) is 0 Å². The fraction of sp³-hybridized carbons (Fsp3) is 0.333. The van der Waals surface area contributed by atoms with Crippen molar-refractivity contribution < 1.29 is 19.5 Å². The van der Waals surface area contributed by atoms with E-state index in [2.05, 4.69) is 4.84 Å². The molecule has 0 atom stereocenters. The van der Waals surface area contributed by atoms with E-state index < -0.39 is 12.5 Å². The van der Waals surface area contributed by atoms with Crippen LogP contribution in [0.15, 0.2) is 0 Å². The van der Waals surface area contributed by atoms with E-state index in [9.17, 15) is 9.59 Å². The molecule has 0 amide bonds. The number of hydrogen-bond donors (Lipinski definition) is 2. The van der Waals surface area contributed by atoms with Crippen LogP contribution in [0.3, 0.4) is 0 Å². The first-order valence-corrected chi connectivity index (χ1v) is 1.75. The molecule has 8 heavy (non-hydrogen) atoms. The Hall–Kier alpha value is -1.10. The van der Waals surface area contributed by atoms with Crippen LogP contribution in [-0.4, -0.2) is 24.1 Å². The van der Waals surface area contributed by atoms with E-state index in [1.807, 2.05) is 5.48 Å². The van der Waals surface area contributed by atoms with E-state index in [1.54, 1.807) is 0 Å². The van der Waals surface area contributed by atoms with Gasteiger partial charge in [0, 0.05) is 0 Å². The molecule has 0 saturated heterocycles. The Labute approximate surface area is 45.2 Å². The van der Waals surface area contributed by atoms with Gasteiger partial charge in [0.2, 0.25) is 0 Å². The number of aliphatic carboxylic acids is 1. The van der Waals surface area contributed by atoms with E-state index in [0.29, 0.717) is 0 Å². The lowest BCUT2D eigenvalue weighted by Gasteiger charge is -1.91. The lowest BCUT2D eigenvalue weighted by atomic mass is 10.7.